The number of Topliss-reactive ketones (excluding diaryl/α,β-unsaturated/α-hetero) is 1. The predicted octanol–water partition coefficient (Wildman–Crippen LogP) is 4.08. The number of rotatable bonds is 7. The molecular formula is C17H25NOS. The molecule has 2 nitrogen and oxygen atoms in total. The van der Waals surface area contributed by atoms with E-state index in [-0.39, 0.29) is 0 Å². The summed E-state index contributed by atoms with van der Waals surface area (Å²) in [6, 6.07) is 3.89. The Morgan fingerprint density at radius 2 is 2.30 bits per heavy atom. The molecule has 2 aliphatic rings. The molecule has 3 heteroatoms. The fourth-order valence-corrected chi connectivity index (χ4v) is 4.86. The Kier molecular flexibility index (Phi) is 4.57. The summed E-state index contributed by atoms with van der Waals surface area (Å²) < 4.78 is 0. The van der Waals surface area contributed by atoms with Gasteiger partial charge in [-0.2, -0.15) is 0 Å². The molecule has 2 bridgehead atoms. The smallest absolute Gasteiger partial charge is 0.172 e. The number of ketones is 1. The van der Waals surface area contributed by atoms with Gasteiger partial charge in [0.25, 0.3) is 0 Å². The van der Waals surface area contributed by atoms with Crippen molar-refractivity contribution in [3.63, 3.8) is 0 Å². The summed E-state index contributed by atoms with van der Waals surface area (Å²) >= 11 is 1.56. The minimum Gasteiger partial charge on any atom is -0.306 e. The van der Waals surface area contributed by atoms with Gasteiger partial charge in [0.05, 0.1) is 4.88 Å². The van der Waals surface area contributed by atoms with Crippen LogP contribution in [-0.4, -0.2) is 30.8 Å². The van der Waals surface area contributed by atoms with Gasteiger partial charge in [0.1, 0.15) is 0 Å². The molecule has 1 aromatic heterocycles. The van der Waals surface area contributed by atoms with Gasteiger partial charge in [-0.3, -0.25) is 4.79 Å². The maximum absolute atomic E-state index is 11.9. The van der Waals surface area contributed by atoms with Gasteiger partial charge in [-0.15, -0.1) is 11.3 Å². The second-order valence-corrected chi connectivity index (χ2v) is 7.65. The van der Waals surface area contributed by atoms with Crippen molar-refractivity contribution in [2.24, 2.45) is 17.8 Å². The van der Waals surface area contributed by atoms with Crippen LogP contribution < -0.4 is 0 Å². The second-order valence-electron chi connectivity index (χ2n) is 6.70. The van der Waals surface area contributed by atoms with Crippen molar-refractivity contribution >= 4 is 17.1 Å². The van der Waals surface area contributed by atoms with E-state index in [0.717, 1.165) is 35.6 Å². The monoisotopic (exact) mass is 291 g/mol. The van der Waals surface area contributed by atoms with Crippen molar-refractivity contribution in [1.29, 1.82) is 0 Å². The molecule has 0 saturated heterocycles. The molecule has 0 aliphatic heterocycles. The van der Waals surface area contributed by atoms with Gasteiger partial charge in [-0.25, -0.2) is 0 Å². The fourth-order valence-electron chi connectivity index (χ4n) is 4.16. The lowest BCUT2D eigenvalue weighted by Crippen LogP contribution is -2.29. The first kappa shape index (κ1) is 14.3. The number of hydrogen-bond donors (Lipinski definition) is 0. The topological polar surface area (TPSA) is 20.3 Å². The van der Waals surface area contributed by atoms with Crippen molar-refractivity contribution in [3.8, 4) is 0 Å². The summed E-state index contributed by atoms with van der Waals surface area (Å²) in [4.78, 5) is 15.3. The third-order valence-electron chi connectivity index (χ3n) is 5.17. The summed E-state index contributed by atoms with van der Waals surface area (Å²) in [5, 5.41) is 1.98. The lowest BCUT2D eigenvalue weighted by Gasteiger charge is -2.27. The van der Waals surface area contributed by atoms with E-state index in [1.807, 2.05) is 17.5 Å². The average molecular weight is 291 g/mol. The lowest BCUT2D eigenvalue weighted by atomic mass is 9.88. The van der Waals surface area contributed by atoms with Crippen LogP contribution >= 0.6 is 11.3 Å². The number of carbonyl (C=O) groups is 1. The van der Waals surface area contributed by atoms with E-state index in [4.69, 9.17) is 0 Å². The van der Waals surface area contributed by atoms with E-state index >= 15 is 0 Å². The molecule has 2 saturated carbocycles. The van der Waals surface area contributed by atoms with Gasteiger partial charge in [0.2, 0.25) is 0 Å². The molecule has 1 aromatic rings. The molecular weight excluding hydrogens is 266 g/mol. The van der Waals surface area contributed by atoms with Crippen LogP contribution in [0.15, 0.2) is 17.5 Å². The summed E-state index contributed by atoms with van der Waals surface area (Å²) in [7, 11) is 2.22. The van der Waals surface area contributed by atoms with Crippen LogP contribution in [0.5, 0.6) is 0 Å². The highest BCUT2D eigenvalue weighted by Gasteiger charge is 2.39. The van der Waals surface area contributed by atoms with Crippen LogP contribution in [0.25, 0.3) is 0 Å². The highest BCUT2D eigenvalue weighted by molar-refractivity contribution is 7.12. The summed E-state index contributed by atoms with van der Waals surface area (Å²) in [6.07, 6.45) is 7.61. The Morgan fingerprint density at radius 3 is 2.95 bits per heavy atom. The first-order chi connectivity index (χ1) is 9.72. The van der Waals surface area contributed by atoms with Crippen molar-refractivity contribution in [3.05, 3.63) is 22.4 Å². The Bertz CT molecular complexity index is 442. The molecule has 20 heavy (non-hydrogen) atoms. The Labute approximate surface area is 126 Å². The van der Waals surface area contributed by atoms with Crippen LogP contribution in [0.1, 0.15) is 48.2 Å². The quantitative estimate of drug-likeness (QED) is 0.706. The van der Waals surface area contributed by atoms with Crippen LogP contribution in [0.4, 0.5) is 0 Å². The van der Waals surface area contributed by atoms with Gasteiger partial charge in [-0.05, 0) is 68.5 Å². The van der Waals surface area contributed by atoms with Gasteiger partial charge >= 0.3 is 0 Å². The van der Waals surface area contributed by atoms with E-state index in [1.165, 1.54) is 32.2 Å². The lowest BCUT2D eigenvalue weighted by molar-refractivity contribution is 0.0978. The van der Waals surface area contributed by atoms with Crippen LogP contribution in [0, 0.1) is 17.8 Å². The zero-order valence-electron chi connectivity index (χ0n) is 12.4. The second kappa shape index (κ2) is 6.40. The molecule has 0 amide bonds. The highest BCUT2D eigenvalue weighted by atomic mass is 32.1. The largest absolute Gasteiger partial charge is 0.306 e. The van der Waals surface area contributed by atoms with Gasteiger partial charge in [-0.1, -0.05) is 12.5 Å². The van der Waals surface area contributed by atoms with E-state index in [1.54, 1.807) is 11.3 Å². The molecule has 0 aromatic carbocycles. The number of carbonyl (C=O) groups excluding carboxylic acids is 1. The molecule has 3 atom stereocenters. The number of nitrogens with zero attached hydrogens (tertiary/aromatic N) is 1. The molecule has 3 rings (SSSR count). The van der Waals surface area contributed by atoms with E-state index in [0.29, 0.717) is 12.2 Å². The molecule has 2 fully saturated rings. The zero-order chi connectivity index (χ0) is 13.9. The molecule has 0 spiro atoms. The van der Waals surface area contributed by atoms with Crippen molar-refractivity contribution in [2.45, 2.75) is 38.5 Å². The maximum Gasteiger partial charge on any atom is 0.172 e. The average Bonchev–Trinajstić information content (AvgIpc) is 3.16. The first-order valence-electron chi connectivity index (χ1n) is 7.97. The Balaban J connectivity index is 1.35. The van der Waals surface area contributed by atoms with Crippen molar-refractivity contribution in [1.82, 2.24) is 4.90 Å². The molecule has 3 unspecified atom stereocenters. The normalized spacial score (nSPS) is 28.4. The summed E-state index contributed by atoms with van der Waals surface area (Å²) in [6.45, 7) is 2.30. The number of fused-ring (bicyclic) bond motifs is 2. The number of hydrogen-bond acceptors (Lipinski definition) is 3. The van der Waals surface area contributed by atoms with Gasteiger partial charge in [0, 0.05) is 13.0 Å². The molecule has 1 heterocycles. The zero-order valence-corrected chi connectivity index (χ0v) is 13.2. The maximum atomic E-state index is 11.9. The molecule has 110 valence electrons. The minimum absolute atomic E-state index is 0.313. The molecule has 2 aliphatic carbocycles. The highest BCUT2D eigenvalue weighted by Crippen LogP contribution is 2.48. The van der Waals surface area contributed by atoms with Gasteiger partial charge in [0.15, 0.2) is 5.78 Å². The fraction of sp³-hybridized carbons (Fsp3) is 0.706. The van der Waals surface area contributed by atoms with Crippen LogP contribution in [0.2, 0.25) is 0 Å². The summed E-state index contributed by atoms with van der Waals surface area (Å²) in [5.74, 6) is 3.30. The van der Waals surface area contributed by atoms with Gasteiger partial charge < -0.3 is 4.90 Å². The van der Waals surface area contributed by atoms with Crippen LogP contribution in [-0.2, 0) is 0 Å². The van der Waals surface area contributed by atoms with Crippen molar-refractivity contribution in [2.75, 3.05) is 20.1 Å². The summed E-state index contributed by atoms with van der Waals surface area (Å²) in [5.41, 5.74) is 0. The van der Waals surface area contributed by atoms with E-state index in [2.05, 4.69) is 11.9 Å². The minimum atomic E-state index is 0.313. The van der Waals surface area contributed by atoms with E-state index < -0.39 is 0 Å². The Hall–Kier alpha value is -0.670. The standard InChI is InChI=1S/C17H25NOS/c1-18(12-15-11-13-6-7-14(15)10-13)8-2-4-16(19)17-5-3-9-20-17/h3,5,9,13-15H,2,4,6-8,10-12H2,1H3. The number of thiophene rings is 1. The molecule has 0 N–H and O–H groups in total. The SMILES string of the molecule is CN(CCCC(=O)c1cccs1)CC1CC2CCC1C2. The third-order valence-corrected chi connectivity index (χ3v) is 6.08. The predicted molar refractivity (Wildman–Crippen MR) is 84.3 cm³/mol. The third kappa shape index (κ3) is 3.32. The molecule has 0 radical (unpaired) electrons. The first-order valence-corrected chi connectivity index (χ1v) is 8.85. The van der Waals surface area contributed by atoms with E-state index in [9.17, 15) is 4.79 Å². The van der Waals surface area contributed by atoms with Crippen LogP contribution in [0.3, 0.4) is 0 Å². The van der Waals surface area contributed by atoms with Crippen molar-refractivity contribution < 1.29 is 4.79 Å². The Morgan fingerprint density at radius 1 is 1.40 bits per heavy atom.